The Labute approximate surface area is 122 Å². The quantitative estimate of drug-likeness (QED) is 0.761. The fourth-order valence-electron chi connectivity index (χ4n) is 2.13. The Morgan fingerprint density at radius 3 is 2.71 bits per heavy atom. The lowest BCUT2D eigenvalue weighted by Crippen LogP contribution is -2.19. The number of alkyl halides is 2. The van der Waals surface area contributed by atoms with Gasteiger partial charge in [-0.1, -0.05) is 30.3 Å². The highest BCUT2D eigenvalue weighted by Gasteiger charge is 2.12. The normalized spacial score (nSPS) is 12.8. The molecule has 2 N–H and O–H groups in total. The molecule has 0 aliphatic rings. The third-order valence-electron chi connectivity index (χ3n) is 3.14. The molecule has 1 aromatic heterocycles. The van der Waals surface area contributed by atoms with Gasteiger partial charge in [0.15, 0.2) is 0 Å². The first kappa shape index (κ1) is 15.6. The molecule has 0 radical (unpaired) electrons. The largest absolute Gasteiger partial charge is 0.374 e. The van der Waals surface area contributed by atoms with Crippen molar-refractivity contribution in [1.29, 1.82) is 0 Å². The van der Waals surface area contributed by atoms with Gasteiger partial charge in [0.2, 0.25) is 0 Å². The van der Waals surface area contributed by atoms with Gasteiger partial charge in [-0.3, -0.25) is 0 Å². The molecule has 0 saturated carbocycles. The first-order valence-corrected chi connectivity index (χ1v) is 6.82. The smallest absolute Gasteiger partial charge is 0.261 e. The molecule has 1 atom stereocenters. The van der Waals surface area contributed by atoms with Crippen LogP contribution >= 0.6 is 0 Å². The van der Waals surface area contributed by atoms with Crippen LogP contribution in [-0.2, 0) is 17.7 Å². The summed E-state index contributed by atoms with van der Waals surface area (Å²) in [5.74, 6) is 0. The van der Waals surface area contributed by atoms with Crippen LogP contribution in [0.1, 0.15) is 17.3 Å². The zero-order valence-electron chi connectivity index (χ0n) is 11.7. The lowest BCUT2D eigenvalue weighted by Gasteiger charge is -2.15. The minimum atomic E-state index is -2.44. The molecule has 2 aromatic rings. The molecule has 0 aliphatic heterocycles. The molecular weight excluding hydrogens is 276 g/mol. The highest BCUT2D eigenvalue weighted by Crippen LogP contribution is 2.15. The molecule has 2 rings (SSSR count). The average Bonchev–Trinajstić information content (AvgIpc) is 2.93. The van der Waals surface area contributed by atoms with E-state index >= 15 is 0 Å². The number of aromatic nitrogens is 2. The van der Waals surface area contributed by atoms with Crippen molar-refractivity contribution < 1.29 is 13.5 Å². The summed E-state index contributed by atoms with van der Waals surface area (Å²) in [5.41, 5.74) is 8.22. The number of hydrogen-bond acceptors (Lipinski definition) is 3. The van der Waals surface area contributed by atoms with Crippen molar-refractivity contribution in [1.82, 2.24) is 9.55 Å². The number of rotatable bonds is 8. The fraction of sp³-hybridized carbons (Fsp3) is 0.400. The first-order valence-electron chi connectivity index (χ1n) is 6.82. The molecule has 0 fully saturated rings. The van der Waals surface area contributed by atoms with Crippen molar-refractivity contribution in [3.8, 4) is 0 Å². The number of imidazole rings is 1. The Morgan fingerprint density at radius 1 is 1.24 bits per heavy atom. The Kier molecular flexibility index (Phi) is 5.83. The summed E-state index contributed by atoms with van der Waals surface area (Å²) in [4.78, 5) is 4.08. The average molecular weight is 295 g/mol. The van der Waals surface area contributed by atoms with Gasteiger partial charge in [-0.25, -0.2) is 13.8 Å². The summed E-state index contributed by atoms with van der Waals surface area (Å²) in [6.07, 6.45) is 1.62. The molecule has 0 saturated heterocycles. The summed E-state index contributed by atoms with van der Waals surface area (Å²) in [6, 6.07) is 9.75. The highest BCUT2D eigenvalue weighted by atomic mass is 19.3. The Hall–Kier alpha value is -1.79. The van der Waals surface area contributed by atoms with Crippen molar-refractivity contribution >= 4 is 0 Å². The summed E-state index contributed by atoms with van der Waals surface area (Å²) in [7, 11) is 0. The van der Waals surface area contributed by atoms with E-state index in [-0.39, 0.29) is 12.6 Å². The number of hydrogen-bond donors (Lipinski definition) is 1. The van der Waals surface area contributed by atoms with Crippen molar-refractivity contribution in [2.75, 3.05) is 13.2 Å². The first-order chi connectivity index (χ1) is 10.2. The van der Waals surface area contributed by atoms with E-state index in [0.29, 0.717) is 13.0 Å². The molecule has 1 aromatic carbocycles. The van der Waals surface area contributed by atoms with E-state index < -0.39 is 13.0 Å². The van der Waals surface area contributed by atoms with Gasteiger partial charge in [-0.15, -0.1) is 0 Å². The van der Waals surface area contributed by atoms with Crippen LogP contribution in [0.25, 0.3) is 0 Å². The van der Waals surface area contributed by atoms with Crippen LogP contribution < -0.4 is 5.73 Å². The summed E-state index contributed by atoms with van der Waals surface area (Å²) >= 11 is 0. The van der Waals surface area contributed by atoms with Crippen molar-refractivity contribution in [3.05, 3.63) is 54.1 Å². The number of benzene rings is 1. The zero-order valence-corrected chi connectivity index (χ0v) is 11.7. The van der Waals surface area contributed by atoms with E-state index in [1.165, 1.54) is 0 Å². The van der Waals surface area contributed by atoms with Gasteiger partial charge in [0.25, 0.3) is 6.43 Å². The second-order valence-electron chi connectivity index (χ2n) is 4.77. The second kappa shape index (κ2) is 7.85. The minimum Gasteiger partial charge on any atom is -0.374 e. The molecule has 21 heavy (non-hydrogen) atoms. The van der Waals surface area contributed by atoms with Crippen LogP contribution in [0.2, 0.25) is 0 Å². The molecule has 0 amide bonds. The molecule has 4 nitrogen and oxygen atoms in total. The number of halogens is 2. The Bertz CT molecular complexity index is 531. The lowest BCUT2D eigenvalue weighted by molar-refractivity contribution is 0.0145. The predicted octanol–water partition coefficient (Wildman–Crippen LogP) is 2.41. The van der Waals surface area contributed by atoms with Crippen LogP contribution in [0.5, 0.6) is 0 Å². The molecular formula is C15H19F2N3O. The van der Waals surface area contributed by atoms with Gasteiger partial charge in [0, 0.05) is 12.7 Å². The highest BCUT2D eigenvalue weighted by molar-refractivity contribution is 5.18. The van der Waals surface area contributed by atoms with E-state index in [0.717, 1.165) is 11.3 Å². The van der Waals surface area contributed by atoms with E-state index in [4.69, 9.17) is 10.5 Å². The lowest BCUT2D eigenvalue weighted by atomic mass is 10.0. The van der Waals surface area contributed by atoms with E-state index in [1.807, 2.05) is 34.9 Å². The van der Waals surface area contributed by atoms with Gasteiger partial charge in [-0.2, -0.15) is 0 Å². The standard InChI is InChI=1S/C15H19F2N3O/c16-15(17)10-21-7-6-20-11-19-9-14(20)13(18)8-12-4-2-1-3-5-12/h1-5,9,11,13,15H,6-8,10,18H2/t13-/m1/s1. The molecule has 0 bridgehead atoms. The van der Waals surface area contributed by atoms with Crippen LogP contribution in [0.4, 0.5) is 8.78 Å². The summed E-state index contributed by atoms with van der Waals surface area (Å²) in [6.45, 7) is 0.135. The number of ether oxygens (including phenoxy) is 1. The maximum absolute atomic E-state index is 12.0. The molecule has 0 aliphatic carbocycles. The molecule has 1 heterocycles. The second-order valence-corrected chi connectivity index (χ2v) is 4.77. The predicted molar refractivity (Wildman–Crippen MR) is 76.1 cm³/mol. The van der Waals surface area contributed by atoms with Gasteiger partial charge < -0.3 is 15.0 Å². The SMILES string of the molecule is N[C@H](Cc1ccccc1)c1cncn1CCOCC(F)F. The monoisotopic (exact) mass is 295 g/mol. The third-order valence-corrected chi connectivity index (χ3v) is 3.14. The van der Waals surface area contributed by atoms with Gasteiger partial charge >= 0.3 is 0 Å². The Balaban J connectivity index is 1.89. The van der Waals surface area contributed by atoms with Crippen molar-refractivity contribution in [2.24, 2.45) is 5.73 Å². The zero-order chi connectivity index (χ0) is 15.1. The topological polar surface area (TPSA) is 53.1 Å². The van der Waals surface area contributed by atoms with E-state index in [2.05, 4.69) is 4.98 Å². The number of nitrogens with zero attached hydrogens (tertiary/aromatic N) is 2. The number of nitrogens with two attached hydrogens (primary N) is 1. The van der Waals surface area contributed by atoms with E-state index in [1.54, 1.807) is 12.5 Å². The van der Waals surface area contributed by atoms with Crippen LogP contribution in [-0.4, -0.2) is 29.2 Å². The van der Waals surface area contributed by atoms with Gasteiger partial charge in [0.1, 0.15) is 6.61 Å². The Morgan fingerprint density at radius 2 is 2.00 bits per heavy atom. The van der Waals surface area contributed by atoms with Gasteiger partial charge in [0.05, 0.1) is 24.7 Å². The molecule has 6 heteroatoms. The fourth-order valence-corrected chi connectivity index (χ4v) is 2.13. The summed E-state index contributed by atoms with van der Waals surface area (Å²) in [5, 5.41) is 0. The maximum atomic E-state index is 12.0. The molecule has 0 spiro atoms. The van der Waals surface area contributed by atoms with Crippen LogP contribution in [0, 0.1) is 0 Å². The molecule has 0 unspecified atom stereocenters. The van der Waals surface area contributed by atoms with Crippen molar-refractivity contribution in [3.63, 3.8) is 0 Å². The molecule has 114 valence electrons. The van der Waals surface area contributed by atoms with E-state index in [9.17, 15) is 8.78 Å². The van der Waals surface area contributed by atoms with Crippen molar-refractivity contribution in [2.45, 2.75) is 25.4 Å². The summed E-state index contributed by atoms with van der Waals surface area (Å²) < 4.78 is 30.7. The maximum Gasteiger partial charge on any atom is 0.261 e. The van der Waals surface area contributed by atoms with Crippen LogP contribution in [0.15, 0.2) is 42.9 Å². The van der Waals surface area contributed by atoms with Gasteiger partial charge in [-0.05, 0) is 12.0 Å². The third kappa shape index (κ3) is 4.91. The van der Waals surface area contributed by atoms with Crippen LogP contribution in [0.3, 0.4) is 0 Å². The minimum absolute atomic E-state index is 0.190.